The van der Waals surface area contributed by atoms with Crippen molar-refractivity contribution in [3.63, 3.8) is 0 Å². The molecule has 3 unspecified atom stereocenters. The van der Waals surface area contributed by atoms with E-state index in [0.717, 1.165) is 31.2 Å². The highest BCUT2D eigenvalue weighted by Crippen LogP contribution is 2.52. The van der Waals surface area contributed by atoms with Crippen molar-refractivity contribution in [2.24, 2.45) is 11.8 Å². The van der Waals surface area contributed by atoms with E-state index in [0.29, 0.717) is 31.2 Å². The van der Waals surface area contributed by atoms with Gasteiger partial charge in [0.25, 0.3) is 0 Å². The van der Waals surface area contributed by atoms with Crippen molar-refractivity contribution in [1.29, 1.82) is 0 Å². The van der Waals surface area contributed by atoms with Gasteiger partial charge in [0.2, 0.25) is 0 Å². The molecule has 0 saturated heterocycles. The van der Waals surface area contributed by atoms with Crippen molar-refractivity contribution in [3.8, 4) is 0 Å². The number of hydrogen-bond donors (Lipinski definition) is 0. The van der Waals surface area contributed by atoms with Crippen molar-refractivity contribution >= 4 is 7.60 Å². The second-order valence-electron chi connectivity index (χ2n) is 7.68. The standard InChI is InChI=1S/C23H41O3P/c1-5-9-14-21(7-3)18-25-27(24,20-22(8-4)15-10-6-2)26-19-23-16-12-11-13-17-23/h11-13,16-17,21-22H,5-10,14-15,18-20H2,1-4H3. The van der Waals surface area contributed by atoms with Crippen molar-refractivity contribution in [2.45, 2.75) is 85.7 Å². The minimum absolute atomic E-state index is 0.355. The van der Waals surface area contributed by atoms with Gasteiger partial charge in [-0.1, -0.05) is 96.6 Å². The van der Waals surface area contributed by atoms with Crippen molar-refractivity contribution in [3.05, 3.63) is 35.9 Å². The maximum Gasteiger partial charge on any atom is 0.331 e. The van der Waals surface area contributed by atoms with Crippen LogP contribution in [-0.4, -0.2) is 12.8 Å². The third-order valence-corrected chi connectivity index (χ3v) is 7.37. The first-order valence-electron chi connectivity index (χ1n) is 11.0. The van der Waals surface area contributed by atoms with Gasteiger partial charge in [-0.25, -0.2) is 0 Å². The Labute approximate surface area is 167 Å². The van der Waals surface area contributed by atoms with E-state index in [1.54, 1.807) is 0 Å². The van der Waals surface area contributed by atoms with Gasteiger partial charge in [0.05, 0.1) is 19.4 Å². The molecule has 0 fully saturated rings. The molecule has 0 spiro atoms. The van der Waals surface area contributed by atoms with Gasteiger partial charge in [-0.3, -0.25) is 4.57 Å². The maximum atomic E-state index is 13.6. The molecule has 0 N–H and O–H groups in total. The van der Waals surface area contributed by atoms with E-state index in [-0.39, 0.29) is 0 Å². The summed E-state index contributed by atoms with van der Waals surface area (Å²) in [5.74, 6) is 0.872. The molecule has 0 aliphatic carbocycles. The zero-order valence-electron chi connectivity index (χ0n) is 18.0. The first-order chi connectivity index (χ1) is 13.1. The van der Waals surface area contributed by atoms with Crippen LogP contribution in [0.15, 0.2) is 30.3 Å². The third-order valence-electron chi connectivity index (χ3n) is 5.35. The van der Waals surface area contributed by atoms with E-state index in [4.69, 9.17) is 9.05 Å². The van der Waals surface area contributed by atoms with Gasteiger partial charge in [-0.15, -0.1) is 0 Å². The molecule has 0 bridgehead atoms. The maximum absolute atomic E-state index is 13.6. The first-order valence-corrected chi connectivity index (χ1v) is 12.7. The summed E-state index contributed by atoms with van der Waals surface area (Å²) in [7, 11) is -3.10. The Balaban J connectivity index is 2.74. The molecule has 1 aromatic rings. The topological polar surface area (TPSA) is 35.5 Å². The van der Waals surface area contributed by atoms with E-state index >= 15 is 0 Å². The second kappa shape index (κ2) is 14.4. The largest absolute Gasteiger partial charge is 0.331 e. The van der Waals surface area contributed by atoms with Crippen LogP contribution in [-0.2, 0) is 20.2 Å². The average Bonchev–Trinajstić information content (AvgIpc) is 2.70. The average molecular weight is 397 g/mol. The Morgan fingerprint density at radius 2 is 1.44 bits per heavy atom. The third kappa shape index (κ3) is 10.5. The van der Waals surface area contributed by atoms with Gasteiger partial charge in [0, 0.05) is 0 Å². The van der Waals surface area contributed by atoms with Crippen molar-refractivity contribution < 1.29 is 13.6 Å². The summed E-state index contributed by atoms with van der Waals surface area (Å²) in [6, 6.07) is 9.97. The second-order valence-corrected chi connectivity index (χ2v) is 9.78. The highest BCUT2D eigenvalue weighted by atomic mass is 31.2. The van der Waals surface area contributed by atoms with Crippen LogP contribution in [0.25, 0.3) is 0 Å². The molecule has 0 aliphatic heterocycles. The quantitative estimate of drug-likeness (QED) is 0.267. The first kappa shape index (κ1) is 24.4. The molecular weight excluding hydrogens is 355 g/mol. The summed E-state index contributed by atoms with van der Waals surface area (Å²) in [4.78, 5) is 0. The molecule has 0 aromatic heterocycles. The minimum Gasteiger partial charge on any atom is -0.308 e. The summed E-state index contributed by atoms with van der Waals surface area (Å²) in [6.45, 7) is 9.68. The van der Waals surface area contributed by atoms with Gasteiger partial charge in [-0.05, 0) is 30.2 Å². The van der Waals surface area contributed by atoms with Crippen LogP contribution in [0.2, 0.25) is 0 Å². The van der Waals surface area contributed by atoms with E-state index in [2.05, 4.69) is 27.7 Å². The van der Waals surface area contributed by atoms with E-state index in [1.807, 2.05) is 30.3 Å². The number of rotatable bonds is 16. The van der Waals surface area contributed by atoms with Crippen LogP contribution < -0.4 is 0 Å². The molecule has 4 heteroatoms. The van der Waals surface area contributed by atoms with Crippen LogP contribution in [0.1, 0.15) is 84.6 Å². The molecule has 27 heavy (non-hydrogen) atoms. The number of hydrogen-bond acceptors (Lipinski definition) is 3. The van der Waals surface area contributed by atoms with Crippen LogP contribution in [0.5, 0.6) is 0 Å². The fourth-order valence-electron chi connectivity index (χ4n) is 3.24. The van der Waals surface area contributed by atoms with Crippen LogP contribution in [0.3, 0.4) is 0 Å². The van der Waals surface area contributed by atoms with Crippen molar-refractivity contribution in [2.75, 3.05) is 12.8 Å². The molecule has 0 saturated carbocycles. The lowest BCUT2D eigenvalue weighted by molar-refractivity contribution is 0.163. The summed E-state index contributed by atoms with van der Waals surface area (Å²) < 4.78 is 25.6. The van der Waals surface area contributed by atoms with Crippen LogP contribution in [0, 0.1) is 11.8 Å². The fourth-order valence-corrected chi connectivity index (χ4v) is 5.38. The van der Waals surface area contributed by atoms with Crippen LogP contribution in [0.4, 0.5) is 0 Å². The molecule has 3 nitrogen and oxygen atoms in total. The Kier molecular flexibility index (Phi) is 13.0. The predicted octanol–water partition coefficient (Wildman–Crippen LogP) is 7.85. The zero-order valence-corrected chi connectivity index (χ0v) is 18.9. The smallest absolute Gasteiger partial charge is 0.308 e. The minimum atomic E-state index is -3.10. The Morgan fingerprint density at radius 3 is 2.00 bits per heavy atom. The van der Waals surface area contributed by atoms with Crippen LogP contribution >= 0.6 is 7.60 Å². The monoisotopic (exact) mass is 396 g/mol. The fraction of sp³-hybridized carbons (Fsp3) is 0.739. The zero-order chi connectivity index (χ0) is 20.0. The predicted molar refractivity (Wildman–Crippen MR) is 116 cm³/mol. The van der Waals surface area contributed by atoms with E-state index < -0.39 is 7.60 Å². The van der Waals surface area contributed by atoms with Gasteiger partial charge in [-0.2, -0.15) is 0 Å². The SMILES string of the molecule is CCCCC(CC)COP(=O)(CC(CC)CCCC)OCc1ccccc1. The molecule has 3 atom stereocenters. The Hall–Kier alpha value is -0.630. The van der Waals surface area contributed by atoms with E-state index in [9.17, 15) is 4.57 Å². The van der Waals surface area contributed by atoms with Gasteiger partial charge >= 0.3 is 7.60 Å². The molecular formula is C23H41O3P. The van der Waals surface area contributed by atoms with Gasteiger partial charge in [0.15, 0.2) is 0 Å². The lowest BCUT2D eigenvalue weighted by Gasteiger charge is -2.25. The molecule has 0 heterocycles. The number of benzene rings is 1. The normalized spacial score (nSPS) is 16.0. The lowest BCUT2D eigenvalue weighted by atomic mass is 10.0. The highest BCUT2D eigenvalue weighted by Gasteiger charge is 2.29. The highest BCUT2D eigenvalue weighted by molar-refractivity contribution is 7.53. The molecule has 0 radical (unpaired) electrons. The summed E-state index contributed by atoms with van der Waals surface area (Å²) in [6.07, 6.45) is 9.59. The Bertz CT molecular complexity index is 518. The summed E-state index contributed by atoms with van der Waals surface area (Å²) >= 11 is 0. The summed E-state index contributed by atoms with van der Waals surface area (Å²) in [5, 5.41) is 0. The molecule has 156 valence electrons. The Morgan fingerprint density at radius 1 is 0.852 bits per heavy atom. The summed E-state index contributed by atoms with van der Waals surface area (Å²) in [5.41, 5.74) is 1.04. The molecule has 0 amide bonds. The number of unbranched alkanes of at least 4 members (excludes halogenated alkanes) is 2. The van der Waals surface area contributed by atoms with Gasteiger partial charge in [0.1, 0.15) is 0 Å². The lowest BCUT2D eigenvalue weighted by Crippen LogP contribution is -2.14. The van der Waals surface area contributed by atoms with E-state index in [1.165, 1.54) is 25.7 Å². The molecule has 1 rings (SSSR count). The van der Waals surface area contributed by atoms with Gasteiger partial charge < -0.3 is 9.05 Å². The molecule has 0 aliphatic rings. The molecule has 1 aromatic carbocycles. The van der Waals surface area contributed by atoms with Crippen molar-refractivity contribution in [1.82, 2.24) is 0 Å².